The Morgan fingerprint density at radius 2 is 0.905 bits per heavy atom. The minimum Gasteiger partial charge on any atom is -0.399 e. The van der Waals surface area contributed by atoms with Gasteiger partial charge in [0.25, 0.3) is 0 Å². The molecule has 3 rings (SSSR count). The van der Waals surface area contributed by atoms with Crippen molar-refractivity contribution in [2.75, 3.05) is 11.5 Å². The molecule has 106 valence electrons. The minimum absolute atomic E-state index is 0.782. The minimum atomic E-state index is 0.782. The lowest BCUT2D eigenvalue weighted by atomic mass is 10.1. The highest BCUT2D eigenvalue weighted by Crippen LogP contribution is 2.21. The summed E-state index contributed by atoms with van der Waals surface area (Å²) in [5, 5.41) is 2.92. The van der Waals surface area contributed by atoms with Crippen LogP contribution in [-0.2, 0) is 0 Å². The summed E-state index contributed by atoms with van der Waals surface area (Å²) in [6.45, 7) is 0. The molecule has 2 aromatic rings. The number of nitrogens with one attached hydrogen (secondary N) is 1. The first-order valence-corrected chi connectivity index (χ1v) is 6.71. The predicted octanol–water partition coefficient (Wildman–Crippen LogP) is 3.69. The molecule has 0 saturated heterocycles. The molecule has 0 atom stereocenters. The number of hydrogen-bond acceptors (Lipinski definition) is 3. The Morgan fingerprint density at radius 3 is 1.29 bits per heavy atom. The van der Waals surface area contributed by atoms with E-state index in [9.17, 15) is 0 Å². The van der Waals surface area contributed by atoms with E-state index in [1.807, 2.05) is 85.2 Å². The third-order valence-corrected chi connectivity index (χ3v) is 2.87. The first-order chi connectivity index (χ1) is 10.3. The molecular weight excluding hydrogens is 258 g/mol. The molecule has 1 aliphatic heterocycles. The Bertz CT molecular complexity index is 578. The van der Waals surface area contributed by atoms with E-state index in [1.165, 1.54) is 0 Å². The fourth-order valence-corrected chi connectivity index (χ4v) is 1.76. The predicted molar refractivity (Wildman–Crippen MR) is 91.3 cm³/mol. The van der Waals surface area contributed by atoms with Gasteiger partial charge in [0.05, 0.1) is 0 Å². The van der Waals surface area contributed by atoms with Crippen LogP contribution in [-0.4, -0.2) is 0 Å². The lowest BCUT2D eigenvalue weighted by Gasteiger charge is -2.02. The molecule has 3 heteroatoms. The van der Waals surface area contributed by atoms with E-state index in [2.05, 4.69) is 5.32 Å². The first-order valence-electron chi connectivity index (χ1n) is 6.71. The van der Waals surface area contributed by atoms with Crippen molar-refractivity contribution in [2.45, 2.75) is 0 Å². The lowest BCUT2D eigenvalue weighted by Crippen LogP contribution is -1.87. The molecule has 0 radical (unpaired) electrons. The van der Waals surface area contributed by atoms with Gasteiger partial charge in [-0.15, -0.1) is 0 Å². The Morgan fingerprint density at radius 1 is 0.524 bits per heavy atom. The third kappa shape index (κ3) is 4.91. The molecule has 2 aromatic carbocycles. The van der Waals surface area contributed by atoms with Crippen molar-refractivity contribution in [3.05, 3.63) is 85.2 Å². The highest BCUT2D eigenvalue weighted by atomic mass is 14.8. The van der Waals surface area contributed by atoms with E-state index in [-0.39, 0.29) is 0 Å². The summed E-state index contributed by atoms with van der Waals surface area (Å²) >= 11 is 0. The zero-order valence-electron chi connectivity index (χ0n) is 11.7. The number of allylic oxidation sites excluding steroid dienone is 4. The number of nitrogen functional groups attached to an aromatic ring is 2. The summed E-state index contributed by atoms with van der Waals surface area (Å²) < 4.78 is 0. The molecule has 0 unspecified atom stereocenters. The lowest BCUT2D eigenvalue weighted by molar-refractivity contribution is 1.20. The standard InChI is InChI=1S/C12H12N2.C6H7N/c13-11-5-1-9(2-6-11)10-3-7-12(14)8-4-10;1-2-4-6-7-5-3-1/h1-8H,13-14H2;1-7H. The van der Waals surface area contributed by atoms with Gasteiger partial charge in [-0.2, -0.15) is 0 Å². The summed E-state index contributed by atoms with van der Waals surface area (Å²) in [5.74, 6) is 0. The number of rotatable bonds is 1. The van der Waals surface area contributed by atoms with E-state index >= 15 is 0 Å². The van der Waals surface area contributed by atoms with Gasteiger partial charge in [-0.3, -0.25) is 0 Å². The van der Waals surface area contributed by atoms with E-state index in [0.29, 0.717) is 0 Å². The van der Waals surface area contributed by atoms with Gasteiger partial charge in [-0.05, 0) is 47.5 Å². The average molecular weight is 277 g/mol. The molecule has 0 bridgehead atoms. The van der Waals surface area contributed by atoms with Crippen LogP contribution in [0.15, 0.2) is 85.2 Å². The zero-order chi connectivity index (χ0) is 14.9. The van der Waals surface area contributed by atoms with Crippen LogP contribution in [0.4, 0.5) is 11.4 Å². The van der Waals surface area contributed by atoms with Gasteiger partial charge in [-0.1, -0.05) is 36.4 Å². The highest BCUT2D eigenvalue weighted by molar-refractivity contribution is 5.67. The fraction of sp³-hybridized carbons (Fsp3) is 0. The Labute approximate surface area is 125 Å². The Balaban J connectivity index is 0.000000194. The molecule has 0 spiro atoms. The maximum atomic E-state index is 5.61. The van der Waals surface area contributed by atoms with Gasteiger partial charge in [0.15, 0.2) is 0 Å². The Kier molecular flexibility index (Phi) is 5.24. The monoisotopic (exact) mass is 277 g/mol. The van der Waals surface area contributed by atoms with Crippen LogP contribution in [0.25, 0.3) is 11.1 Å². The van der Waals surface area contributed by atoms with Crippen LogP contribution in [0.5, 0.6) is 0 Å². The zero-order valence-corrected chi connectivity index (χ0v) is 11.7. The van der Waals surface area contributed by atoms with Crippen molar-refractivity contribution < 1.29 is 0 Å². The molecule has 0 fully saturated rings. The maximum Gasteiger partial charge on any atom is 0.0314 e. The van der Waals surface area contributed by atoms with Gasteiger partial charge in [0.2, 0.25) is 0 Å². The van der Waals surface area contributed by atoms with E-state index < -0.39 is 0 Å². The highest BCUT2D eigenvalue weighted by Gasteiger charge is 1.95. The largest absolute Gasteiger partial charge is 0.399 e. The van der Waals surface area contributed by atoms with Gasteiger partial charge in [0, 0.05) is 23.8 Å². The number of benzene rings is 2. The molecule has 0 aliphatic carbocycles. The topological polar surface area (TPSA) is 64.1 Å². The SMILES string of the molecule is C1=CC=CNC=C1.Nc1ccc(-c2ccc(N)cc2)cc1. The van der Waals surface area contributed by atoms with Gasteiger partial charge in [0.1, 0.15) is 0 Å². The van der Waals surface area contributed by atoms with Crippen molar-refractivity contribution in [3.63, 3.8) is 0 Å². The molecule has 1 heterocycles. The van der Waals surface area contributed by atoms with Crippen molar-refractivity contribution in [3.8, 4) is 11.1 Å². The van der Waals surface area contributed by atoms with E-state index in [4.69, 9.17) is 11.5 Å². The van der Waals surface area contributed by atoms with Crippen LogP contribution in [0.3, 0.4) is 0 Å². The molecule has 0 amide bonds. The quantitative estimate of drug-likeness (QED) is 0.696. The number of nitrogens with two attached hydrogens (primary N) is 2. The Hall–Kier alpha value is -2.94. The van der Waals surface area contributed by atoms with Crippen LogP contribution in [0.1, 0.15) is 0 Å². The second-order valence-corrected chi connectivity index (χ2v) is 4.51. The third-order valence-electron chi connectivity index (χ3n) is 2.87. The fourth-order valence-electron chi connectivity index (χ4n) is 1.76. The summed E-state index contributed by atoms with van der Waals surface area (Å²) in [5.41, 5.74) is 15.1. The summed E-state index contributed by atoms with van der Waals surface area (Å²) in [7, 11) is 0. The summed E-state index contributed by atoms with van der Waals surface area (Å²) in [6.07, 6.45) is 11.6. The first kappa shape index (κ1) is 14.5. The maximum absolute atomic E-state index is 5.61. The number of hydrogen-bond donors (Lipinski definition) is 3. The number of anilines is 2. The summed E-state index contributed by atoms with van der Waals surface area (Å²) in [4.78, 5) is 0. The van der Waals surface area contributed by atoms with E-state index in [0.717, 1.165) is 22.5 Å². The van der Waals surface area contributed by atoms with Crippen LogP contribution >= 0.6 is 0 Å². The summed E-state index contributed by atoms with van der Waals surface area (Å²) in [6, 6.07) is 15.6. The second kappa shape index (κ2) is 7.60. The molecule has 21 heavy (non-hydrogen) atoms. The van der Waals surface area contributed by atoms with Crippen molar-refractivity contribution >= 4 is 11.4 Å². The molecule has 0 aromatic heterocycles. The van der Waals surface area contributed by atoms with Crippen LogP contribution in [0, 0.1) is 0 Å². The van der Waals surface area contributed by atoms with Crippen LogP contribution < -0.4 is 16.8 Å². The van der Waals surface area contributed by atoms with Gasteiger partial charge in [-0.25, -0.2) is 0 Å². The van der Waals surface area contributed by atoms with Crippen molar-refractivity contribution in [2.24, 2.45) is 0 Å². The van der Waals surface area contributed by atoms with Crippen molar-refractivity contribution in [1.82, 2.24) is 5.32 Å². The normalized spacial score (nSPS) is 12.0. The van der Waals surface area contributed by atoms with Gasteiger partial charge < -0.3 is 16.8 Å². The van der Waals surface area contributed by atoms with E-state index in [1.54, 1.807) is 0 Å². The molecular formula is C18H19N3. The molecule has 5 N–H and O–H groups in total. The molecule has 3 nitrogen and oxygen atoms in total. The average Bonchev–Trinajstić information content (AvgIpc) is 2.82. The molecule has 0 saturated carbocycles. The molecule has 1 aliphatic rings. The second-order valence-electron chi connectivity index (χ2n) is 4.51. The van der Waals surface area contributed by atoms with Gasteiger partial charge >= 0.3 is 0 Å². The smallest absolute Gasteiger partial charge is 0.0314 e. The van der Waals surface area contributed by atoms with Crippen molar-refractivity contribution in [1.29, 1.82) is 0 Å². The van der Waals surface area contributed by atoms with Crippen LogP contribution in [0.2, 0.25) is 0 Å².